The van der Waals surface area contributed by atoms with Crippen LogP contribution in [0.2, 0.25) is 0 Å². The molecule has 0 aromatic carbocycles. The molecule has 20 heavy (non-hydrogen) atoms. The lowest BCUT2D eigenvalue weighted by atomic mass is 10.4. The summed E-state index contributed by atoms with van der Waals surface area (Å²) in [7, 11) is 0. The molecule has 1 aliphatic heterocycles. The first kappa shape index (κ1) is 15.7. The number of carbonyl (C=O) groups is 4. The molecule has 0 saturated carbocycles. The Bertz CT molecular complexity index is 446. The van der Waals surface area contributed by atoms with Crippen molar-refractivity contribution >= 4 is 23.8 Å². The van der Waals surface area contributed by atoms with Gasteiger partial charge < -0.3 is 14.9 Å². The van der Waals surface area contributed by atoms with Crippen LogP contribution in [0.1, 0.15) is 13.3 Å². The summed E-state index contributed by atoms with van der Waals surface area (Å²) in [6.45, 7) is 3.23. The van der Waals surface area contributed by atoms with Gasteiger partial charge in [-0.2, -0.15) is 0 Å². The lowest BCUT2D eigenvalue weighted by molar-refractivity contribution is -0.131. The van der Waals surface area contributed by atoms with E-state index in [0.29, 0.717) is 38.7 Å². The van der Waals surface area contributed by atoms with Crippen LogP contribution in [0.5, 0.6) is 0 Å². The van der Waals surface area contributed by atoms with Crippen molar-refractivity contribution in [2.24, 2.45) is 0 Å². The highest BCUT2D eigenvalue weighted by Gasteiger charge is 2.20. The molecule has 8 nitrogen and oxygen atoms in total. The number of urea groups is 1. The topological polar surface area (TPSA) is 107 Å². The number of nitrogens with zero attached hydrogens (tertiary/aromatic N) is 2. The average Bonchev–Trinajstić information content (AvgIpc) is 2.62. The Labute approximate surface area is 116 Å². The fourth-order valence-corrected chi connectivity index (χ4v) is 1.81. The number of hydrogen-bond acceptors (Lipinski definition) is 4. The Morgan fingerprint density at radius 2 is 1.60 bits per heavy atom. The van der Waals surface area contributed by atoms with E-state index in [0.717, 1.165) is 6.08 Å². The van der Waals surface area contributed by atoms with Gasteiger partial charge in [0.1, 0.15) is 0 Å². The molecule has 0 bridgehead atoms. The maximum absolute atomic E-state index is 11.8. The van der Waals surface area contributed by atoms with E-state index in [9.17, 15) is 19.2 Å². The molecule has 1 aliphatic rings. The van der Waals surface area contributed by atoms with E-state index in [1.807, 2.05) is 0 Å². The third kappa shape index (κ3) is 5.09. The van der Waals surface area contributed by atoms with Crippen molar-refractivity contribution in [3.8, 4) is 0 Å². The van der Waals surface area contributed by atoms with E-state index in [2.05, 4.69) is 5.32 Å². The first-order valence-electron chi connectivity index (χ1n) is 6.16. The fraction of sp³-hybridized carbons (Fsp3) is 0.500. The summed E-state index contributed by atoms with van der Waals surface area (Å²) in [5, 5.41) is 10.4. The summed E-state index contributed by atoms with van der Waals surface area (Å²) >= 11 is 0. The van der Waals surface area contributed by atoms with Crippen LogP contribution < -0.4 is 5.32 Å². The van der Waals surface area contributed by atoms with Crippen LogP contribution in [0.15, 0.2) is 12.2 Å². The molecule has 1 saturated heterocycles. The summed E-state index contributed by atoms with van der Waals surface area (Å²) in [6, 6.07) is -0.588. The first-order chi connectivity index (χ1) is 9.40. The summed E-state index contributed by atoms with van der Waals surface area (Å²) in [5.74, 6) is -2.10. The largest absolute Gasteiger partial charge is 0.478 e. The summed E-state index contributed by atoms with van der Waals surface area (Å²) in [6.07, 6.45) is 2.06. The normalized spacial score (nSPS) is 15.8. The standard InChI is InChI=1S/C12H17N3O5/c1-9(16)14-5-2-6-15(8-7-14)12(20)13-10(17)3-4-11(18)19/h3-4H,2,5-8H2,1H3,(H,18,19)(H,13,17,20). The van der Waals surface area contributed by atoms with Crippen molar-refractivity contribution in [1.29, 1.82) is 0 Å². The van der Waals surface area contributed by atoms with E-state index >= 15 is 0 Å². The number of aliphatic carboxylic acids is 1. The predicted octanol–water partition coefficient (Wildman–Crippen LogP) is -0.582. The van der Waals surface area contributed by atoms with Gasteiger partial charge in [-0.15, -0.1) is 0 Å². The molecular weight excluding hydrogens is 266 g/mol. The van der Waals surface area contributed by atoms with Gasteiger partial charge in [0.2, 0.25) is 5.91 Å². The average molecular weight is 283 g/mol. The molecule has 0 atom stereocenters. The van der Waals surface area contributed by atoms with Crippen LogP contribution >= 0.6 is 0 Å². The van der Waals surface area contributed by atoms with Crippen LogP contribution in [-0.4, -0.2) is 64.9 Å². The third-order valence-electron chi connectivity index (χ3n) is 2.84. The maximum atomic E-state index is 11.8. The summed E-state index contributed by atoms with van der Waals surface area (Å²) in [5.41, 5.74) is 0. The Morgan fingerprint density at radius 1 is 1.00 bits per heavy atom. The molecular formula is C12H17N3O5. The highest BCUT2D eigenvalue weighted by Crippen LogP contribution is 2.03. The number of carboxylic acid groups (broad SMARTS) is 1. The number of imide groups is 1. The molecule has 1 heterocycles. The van der Waals surface area contributed by atoms with E-state index in [1.54, 1.807) is 4.90 Å². The second-order valence-electron chi connectivity index (χ2n) is 4.31. The van der Waals surface area contributed by atoms with Gasteiger partial charge in [0.25, 0.3) is 5.91 Å². The SMILES string of the molecule is CC(=O)N1CCCN(C(=O)NC(=O)C=CC(=O)O)CC1. The van der Waals surface area contributed by atoms with Gasteiger partial charge >= 0.3 is 12.0 Å². The highest BCUT2D eigenvalue weighted by molar-refractivity contribution is 6.02. The molecule has 4 amide bonds. The fourth-order valence-electron chi connectivity index (χ4n) is 1.81. The van der Waals surface area contributed by atoms with E-state index < -0.39 is 17.9 Å². The van der Waals surface area contributed by atoms with Gasteiger partial charge in [-0.3, -0.25) is 14.9 Å². The van der Waals surface area contributed by atoms with Gasteiger partial charge in [-0.1, -0.05) is 0 Å². The van der Waals surface area contributed by atoms with Gasteiger partial charge in [-0.25, -0.2) is 9.59 Å². The van der Waals surface area contributed by atoms with Gasteiger partial charge in [0, 0.05) is 45.3 Å². The van der Waals surface area contributed by atoms with Crippen molar-refractivity contribution in [3.05, 3.63) is 12.2 Å². The molecule has 0 aliphatic carbocycles. The smallest absolute Gasteiger partial charge is 0.328 e. The van der Waals surface area contributed by atoms with Crippen molar-refractivity contribution < 1.29 is 24.3 Å². The molecule has 8 heteroatoms. The zero-order valence-corrected chi connectivity index (χ0v) is 11.2. The molecule has 2 N–H and O–H groups in total. The molecule has 0 aromatic heterocycles. The quantitative estimate of drug-likeness (QED) is 0.659. The number of rotatable bonds is 2. The second kappa shape index (κ2) is 7.27. The minimum absolute atomic E-state index is 0.0484. The predicted molar refractivity (Wildman–Crippen MR) is 68.8 cm³/mol. The molecule has 0 unspecified atom stereocenters. The Morgan fingerprint density at radius 3 is 2.20 bits per heavy atom. The Balaban J connectivity index is 2.49. The maximum Gasteiger partial charge on any atom is 0.328 e. The second-order valence-corrected chi connectivity index (χ2v) is 4.31. The molecule has 0 radical (unpaired) electrons. The van der Waals surface area contributed by atoms with Gasteiger partial charge in [0.05, 0.1) is 0 Å². The minimum atomic E-state index is -1.26. The van der Waals surface area contributed by atoms with Crippen molar-refractivity contribution in [2.45, 2.75) is 13.3 Å². The van der Waals surface area contributed by atoms with E-state index in [4.69, 9.17) is 5.11 Å². The van der Waals surface area contributed by atoms with Crippen LogP contribution in [0, 0.1) is 0 Å². The molecule has 1 fully saturated rings. The Hall–Kier alpha value is -2.38. The number of carbonyl (C=O) groups excluding carboxylic acids is 3. The van der Waals surface area contributed by atoms with Gasteiger partial charge in [0.15, 0.2) is 0 Å². The van der Waals surface area contributed by atoms with Crippen LogP contribution in [0.4, 0.5) is 4.79 Å². The highest BCUT2D eigenvalue weighted by atomic mass is 16.4. The lowest BCUT2D eigenvalue weighted by Gasteiger charge is -2.21. The number of amides is 4. The summed E-state index contributed by atoms with van der Waals surface area (Å²) in [4.78, 5) is 47.6. The zero-order valence-electron chi connectivity index (χ0n) is 11.2. The summed E-state index contributed by atoms with van der Waals surface area (Å²) < 4.78 is 0. The Kier molecular flexibility index (Phi) is 5.70. The first-order valence-corrected chi connectivity index (χ1v) is 6.16. The lowest BCUT2D eigenvalue weighted by Crippen LogP contribution is -2.44. The zero-order chi connectivity index (χ0) is 15.1. The minimum Gasteiger partial charge on any atom is -0.478 e. The van der Waals surface area contributed by atoms with Gasteiger partial charge in [-0.05, 0) is 6.42 Å². The molecule has 0 aromatic rings. The molecule has 1 rings (SSSR count). The van der Waals surface area contributed by atoms with Crippen LogP contribution in [-0.2, 0) is 14.4 Å². The molecule has 110 valence electrons. The third-order valence-corrected chi connectivity index (χ3v) is 2.84. The van der Waals surface area contributed by atoms with E-state index in [-0.39, 0.29) is 5.91 Å². The van der Waals surface area contributed by atoms with Crippen LogP contribution in [0.3, 0.4) is 0 Å². The van der Waals surface area contributed by atoms with Crippen molar-refractivity contribution in [3.63, 3.8) is 0 Å². The van der Waals surface area contributed by atoms with Crippen molar-refractivity contribution in [1.82, 2.24) is 15.1 Å². The number of hydrogen-bond donors (Lipinski definition) is 2. The van der Waals surface area contributed by atoms with Crippen molar-refractivity contribution in [2.75, 3.05) is 26.2 Å². The number of carboxylic acids is 1. The van der Waals surface area contributed by atoms with E-state index in [1.165, 1.54) is 11.8 Å². The number of nitrogens with one attached hydrogen (secondary N) is 1. The van der Waals surface area contributed by atoms with Crippen LogP contribution in [0.25, 0.3) is 0 Å². The molecule has 0 spiro atoms. The monoisotopic (exact) mass is 283 g/mol.